The zero-order valence-electron chi connectivity index (χ0n) is 72.9. The molecule has 17 aromatic carbocycles. The summed E-state index contributed by atoms with van der Waals surface area (Å²) in [7, 11) is 0. The van der Waals surface area contributed by atoms with E-state index in [1.165, 1.54) is 125 Å². The Morgan fingerprint density at radius 1 is 0.117 bits per heavy atom. The van der Waals surface area contributed by atoms with Crippen LogP contribution >= 0.6 is 0 Å². The molecule has 0 nitrogen and oxygen atoms in total. The van der Waals surface area contributed by atoms with E-state index in [-0.39, 0.29) is 0 Å². The highest BCUT2D eigenvalue weighted by Gasteiger charge is 2.07. The Morgan fingerprint density at radius 3 is 0.532 bits per heavy atom. The summed E-state index contributed by atoms with van der Waals surface area (Å²) in [6.07, 6.45) is 0. The molecular formula is C111H138. The number of aryl methyl sites for hydroxylation is 3. The lowest BCUT2D eigenvalue weighted by Gasteiger charge is -2.11. The predicted octanol–water partition coefficient (Wildman–Crippen LogP) is 36.6. The van der Waals surface area contributed by atoms with Crippen LogP contribution in [0.2, 0.25) is 0 Å². The molecule has 0 heterocycles. The lowest BCUT2D eigenvalue weighted by molar-refractivity contribution is 1.48. The molecule has 0 aliphatic heterocycles. The van der Waals surface area contributed by atoms with Crippen molar-refractivity contribution in [2.45, 2.75) is 173 Å². The average molecular weight is 1470 g/mol. The third-order valence-electron chi connectivity index (χ3n) is 16.1. The van der Waals surface area contributed by atoms with Gasteiger partial charge < -0.3 is 0 Å². The van der Waals surface area contributed by atoms with E-state index in [4.69, 9.17) is 0 Å². The molecule has 0 heteroatoms. The third-order valence-corrected chi connectivity index (χ3v) is 16.1. The Labute approximate surface area is 676 Å². The van der Waals surface area contributed by atoms with Gasteiger partial charge in [0.1, 0.15) is 0 Å². The monoisotopic (exact) mass is 1470 g/mol. The zero-order valence-corrected chi connectivity index (χ0v) is 72.9. The molecule has 111 heavy (non-hydrogen) atoms. The molecule has 0 saturated carbocycles. The van der Waals surface area contributed by atoms with Gasteiger partial charge in [0.25, 0.3) is 0 Å². The van der Waals surface area contributed by atoms with Crippen LogP contribution in [0.5, 0.6) is 0 Å². The van der Waals surface area contributed by atoms with Crippen molar-refractivity contribution in [3.63, 3.8) is 0 Å². The van der Waals surface area contributed by atoms with Gasteiger partial charge in [-0.1, -0.05) is 522 Å². The van der Waals surface area contributed by atoms with Gasteiger partial charge in [-0.15, -0.1) is 0 Å². The van der Waals surface area contributed by atoms with Gasteiger partial charge in [-0.25, -0.2) is 0 Å². The molecule has 0 bridgehead atoms. The van der Waals surface area contributed by atoms with Gasteiger partial charge in [0.15, 0.2) is 0 Å². The second-order valence-corrected chi connectivity index (χ2v) is 22.1. The molecular weight excluding hydrogens is 1330 g/mol. The van der Waals surface area contributed by atoms with Gasteiger partial charge >= 0.3 is 0 Å². The molecule has 0 radical (unpaired) electrons. The van der Waals surface area contributed by atoms with E-state index in [2.05, 4.69) is 367 Å². The molecule has 0 amide bonds. The molecule has 0 aliphatic carbocycles. The van der Waals surface area contributed by atoms with Crippen LogP contribution in [0.4, 0.5) is 0 Å². The second kappa shape index (κ2) is 64.8. The van der Waals surface area contributed by atoms with Crippen molar-refractivity contribution in [1.29, 1.82) is 0 Å². The van der Waals surface area contributed by atoms with Crippen molar-refractivity contribution in [1.82, 2.24) is 0 Å². The Morgan fingerprint density at radius 2 is 0.288 bits per heavy atom. The van der Waals surface area contributed by atoms with Gasteiger partial charge in [0.2, 0.25) is 0 Å². The first-order valence-corrected chi connectivity index (χ1v) is 41.6. The van der Waals surface area contributed by atoms with Crippen molar-refractivity contribution in [3.8, 4) is 22.3 Å². The normalized spacial score (nSPS) is 8.95. The minimum atomic E-state index is 1.27. The van der Waals surface area contributed by atoms with Crippen molar-refractivity contribution >= 4 is 86.2 Å². The molecule has 0 fully saturated rings. The summed E-state index contributed by atoms with van der Waals surface area (Å²) in [4.78, 5) is 0. The molecule has 0 aliphatic rings. The first-order chi connectivity index (χ1) is 54.9. The summed E-state index contributed by atoms with van der Waals surface area (Å²) in [6, 6.07) is 133. The van der Waals surface area contributed by atoms with Crippen LogP contribution in [0.3, 0.4) is 0 Å². The average Bonchev–Trinajstić information content (AvgIpc) is 0.767. The Balaban J connectivity index is 0.00000123. The summed E-state index contributed by atoms with van der Waals surface area (Å²) in [5.74, 6) is 0. The molecule has 0 aromatic heterocycles. The van der Waals surface area contributed by atoms with E-state index in [1.54, 1.807) is 0 Å². The van der Waals surface area contributed by atoms with Crippen LogP contribution < -0.4 is 0 Å². The summed E-state index contributed by atoms with van der Waals surface area (Å²) < 4.78 is 0. The number of fused-ring (bicyclic) bond motifs is 9. The molecule has 0 atom stereocenters. The lowest BCUT2D eigenvalue weighted by Crippen LogP contribution is -1.87. The fourth-order valence-electron chi connectivity index (χ4n) is 11.3. The highest BCUT2D eigenvalue weighted by molar-refractivity contribution is 6.08. The van der Waals surface area contributed by atoms with Crippen molar-refractivity contribution < 1.29 is 0 Å². The number of hydrogen-bond acceptors (Lipinski definition) is 0. The quantitative estimate of drug-likeness (QED) is 0.120. The maximum atomic E-state index is 2.24. The topological polar surface area (TPSA) is 0 Å². The minimum Gasteiger partial charge on any atom is -0.0683 e. The first kappa shape index (κ1) is 99.8. The van der Waals surface area contributed by atoms with E-state index in [1.807, 2.05) is 189 Å². The Kier molecular flexibility index (Phi) is 58.3. The van der Waals surface area contributed by atoms with Crippen molar-refractivity contribution in [2.75, 3.05) is 0 Å². The Hall–Kier alpha value is -11.2. The predicted molar refractivity (Wildman–Crippen MR) is 515 cm³/mol. The van der Waals surface area contributed by atoms with E-state index in [9.17, 15) is 0 Å². The van der Waals surface area contributed by atoms with Gasteiger partial charge in [0, 0.05) is 0 Å². The fraction of sp³-hybridized carbons (Fsp3) is 0.225. The van der Waals surface area contributed by atoms with Crippen LogP contribution in [-0.4, -0.2) is 0 Å². The van der Waals surface area contributed by atoms with Crippen molar-refractivity contribution in [3.05, 3.63) is 399 Å². The number of hydrogen-bond donors (Lipinski definition) is 0. The van der Waals surface area contributed by atoms with E-state index >= 15 is 0 Å². The SMILES string of the molecule is CC.CC.CC.CC.CC.CC.CC.CC.CC.CC.CC.Cc1c2ccccc2c(C)c2ccccc12.Cc1ccccc1.c1ccc(-c2ccc3ccccc3c2)cc1.c1ccc(-c2ccccc2)cc1.c1ccc2c(c1)ccc1ccccc12.c1ccc2cc3ccccc3cc2c1.c1ccc2ccccc2c1. The smallest absolute Gasteiger partial charge is 0.0105 e. The van der Waals surface area contributed by atoms with E-state index in [0.717, 1.165) is 0 Å². The number of benzene rings is 17. The highest BCUT2D eigenvalue weighted by Crippen LogP contribution is 2.32. The highest BCUT2D eigenvalue weighted by atomic mass is 14.1. The summed E-state index contributed by atoms with van der Waals surface area (Å²) >= 11 is 0. The van der Waals surface area contributed by atoms with Crippen LogP contribution in [0, 0.1) is 20.8 Å². The van der Waals surface area contributed by atoms with Gasteiger partial charge in [-0.2, -0.15) is 0 Å². The molecule has 17 aromatic rings. The molecule has 0 spiro atoms. The summed E-state index contributed by atoms with van der Waals surface area (Å²) in [5, 5.41) is 21.2. The van der Waals surface area contributed by atoms with Crippen LogP contribution in [0.1, 0.15) is 169 Å². The lowest BCUT2D eigenvalue weighted by atomic mass is 9.93. The minimum absolute atomic E-state index is 1.27. The largest absolute Gasteiger partial charge is 0.0683 e. The van der Waals surface area contributed by atoms with E-state index in [0.29, 0.717) is 0 Å². The number of rotatable bonds is 2. The molecule has 0 saturated heterocycles. The zero-order chi connectivity index (χ0) is 82.8. The van der Waals surface area contributed by atoms with E-state index < -0.39 is 0 Å². The van der Waals surface area contributed by atoms with Gasteiger partial charge in [-0.3, -0.25) is 0 Å². The standard InChI is InChI=1S/C16H14.C16H12.2C14H10.C12H10.C10H8.C7H8.11C2H6/c1-11-13-7-3-5-9-15(13)12(2)16-10-6-4-8-14(11)16;1-2-6-13(7-3-1)16-11-10-14-8-4-5-9-15(14)12-16;1-3-7-13-11(5-1)9-10-12-6-2-4-8-14(12)13;1-2-6-12-10-14-8-4-3-7-13(14)9-11(12)5-1;1-3-7-11(8-4-1)12-9-5-2-6-10-12;1-2-6-10-8-4-3-7-9(10)5-1;1-7-5-3-2-4-6-7;11*1-2/h3-10H,1-2H3;1-12H;2*1-10H;1-10H;1-8H;2-6H,1H3;11*1-2H3. The molecule has 17 rings (SSSR count). The molecule has 582 valence electrons. The van der Waals surface area contributed by atoms with Crippen LogP contribution in [0.15, 0.2) is 382 Å². The Bertz CT molecular complexity index is 4630. The van der Waals surface area contributed by atoms with Gasteiger partial charge in [-0.05, 0) is 159 Å². The molecule has 0 unspecified atom stereocenters. The summed E-state index contributed by atoms with van der Waals surface area (Å²) in [5.41, 5.74) is 9.19. The summed E-state index contributed by atoms with van der Waals surface area (Å²) in [6.45, 7) is 50.5. The van der Waals surface area contributed by atoms with Crippen molar-refractivity contribution in [2.24, 2.45) is 0 Å². The third kappa shape index (κ3) is 33.7. The molecule has 0 N–H and O–H groups in total. The van der Waals surface area contributed by atoms with Gasteiger partial charge in [0.05, 0.1) is 0 Å². The maximum Gasteiger partial charge on any atom is -0.0105 e. The second-order valence-electron chi connectivity index (χ2n) is 22.1. The first-order valence-electron chi connectivity index (χ1n) is 41.6. The fourth-order valence-corrected chi connectivity index (χ4v) is 11.3. The maximum absolute atomic E-state index is 2.24. The van der Waals surface area contributed by atoms with Crippen LogP contribution in [0.25, 0.3) is 108 Å². The van der Waals surface area contributed by atoms with Crippen LogP contribution in [-0.2, 0) is 0 Å².